The Balaban J connectivity index is 1.42. The number of fused-ring (bicyclic) bond motifs is 1. The van der Waals surface area contributed by atoms with Gasteiger partial charge in [0, 0.05) is 6.20 Å². The molecule has 0 bridgehead atoms. The molecular weight excluding hydrogens is 351 g/mol. The number of hydrogen-bond acceptors (Lipinski definition) is 7. The largest absolute Gasteiger partial charge is 0.365 e. The van der Waals surface area contributed by atoms with Crippen LogP contribution in [0.1, 0.15) is 17.4 Å². The van der Waals surface area contributed by atoms with E-state index in [9.17, 15) is 4.39 Å². The van der Waals surface area contributed by atoms with E-state index in [1.54, 1.807) is 29.1 Å². The Morgan fingerprint density at radius 1 is 1.11 bits per heavy atom. The minimum atomic E-state index is -0.279. The fourth-order valence-corrected chi connectivity index (χ4v) is 2.98. The Morgan fingerprint density at radius 2 is 2.00 bits per heavy atom. The first-order valence-electron chi connectivity index (χ1n) is 8.33. The first-order chi connectivity index (χ1) is 13.3. The standard InChI is InChI=1S/C18H13FN6O2/c19-12-6-4-11(5-7-12)15-9-25-14(10-26-15)16(22-24-25)18-21-17(23-27-18)13-3-1-2-8-20-13/h1-8,15H,9-10H2/t15-/m0/s1. The van der Waals surface area contributed by atoms with Crippen molar-refractivity contribution in [2.45, 2.75) is 19.3 Å². The molecule has 0 fully saturated rings. The monoisotopic (exact) mass is 364 g/mol. The predicted octanol–water partition coefficient (Wildman–Crippen LogP) is 2.80. The van der Waals surface area contributed by atoms with Crippen molar-refractivity contribution >= 4 is 0 Å². The van der Waals surface area contributed by atoms with Crippen molar-refractivity contribution < 1.29 is 13.7 Å². The molecule has 0 radical (unpaired) electrons. The molecule has 5 rings (SSSR count). The molecule has 9 heteroatoms. The summed E-state index contributed by atoms with van der Waals surface area (Å²) in [5.74, 6) is 0.368. The summed E-state index contributed by atoms with van der Waals surface area (Å²) < 4.78 is 26.1. The summed E-state index contributed by atoms with van der Waals surface area (Å²) in [6.45, 7) is 0.751. The Bertz CT molecular complexity index is 1080. The molecule has 3 aromatic heterocycles. The van der Waals surface area contributed by atoms with Crippen LogP contribution in [-0.2, 0) is 17.9 Å². The van der Waals surface area contributed by atoms with Crippen LogP contribution in [-0.4, -0.2) is 30.1 Å². The number of aromatic nitrogens is 6. The van der Waals surface area contributed by atoms with Crippen LogP contribution in [0.2, 0.25) is 0 Å². The molecule has 1 aromatic carbocycles. The molecule has 4 aromatic rings. The van der Waals surface area contributed by atoms with E-state index >= 15 is 0 Å². The molecule has 0 N–H and O–H groups in total. The zero-order valence-electron chi connectivity index (χ0n) is 14.0. The molecule has 0 saturated carbocycles. The molecular formula is C18H13FN6O2. The summed E-state index contributed by atoms with van der Waals surface area (Å²) in [5, 5.41) is 12.3. The normalized spacial score (nSPS) is 16.3. The lowest BCUT2D eigenvalue weighted by molar-refractivity contribution is -0.00120. The Morgan fingerprint density at radius 3 is 2.81 bits per heavy atom. The third kappa shape index (κ3) is 2.87. The van der Waals surface area contributed by atoms with E-state index in [1.807, 2.05) is 12.1 Å². The van der Waals surface area contributed by atoms with Crippen LogP contribution in [0.3, 0.4) is 0 Å². The fraction of sp³-hybridized carbons (Fsp3) is 0.167. The summed E-state index contributed by atoms with van der Waals surface area (Å²) in [6, 6.07) is 11.7. The maximum absolute atomic E-state index is 13.1. The van der Waals surface area contributed by atoms with E-state index in [1.165, 1.54) is 12.1 Å². The van der Waals surface area contributed by atoms with Crippen molar-refractivity contribution in [3.63, 3.8) is 0 Å². The second-order valence-corrected chi connectivity index (χ2v) is 6.06. The Kier molecular flexibility index (Phi) is 3.72. The molecule has 134 valence electrons. The van der Waals surface area contributed by atoms with Gasteiger partial charge in [0.05, 0.1) is 18.8 Å². The van der Waals surface area contributed by atoms with Crippen molar-refractivity contribution in [3.05, 3.63) is 65.7 Å². The molecule has 1 atom stereocenters. The number of hydrogen-bond donors (Lipinski definition) is 0. The van der Waals surface area contributed by atoms with Gasteiger partial charge in [-0.05, 0) is 29.8 Å². The van der Waals surface area contributed by atoms with Crippen LogP contribution in [0.4, 0.5) is 4.39 Å². The van der Waals surface area contributed by atoms with Gasteiger partial charge in [0.25, 0.3) is 5.89 Å². The highest BCUT2D eigenvalue weighted by Crippen LogP contribution is 2.30. The maximum atomic E-state index is 13.1. The van der Waals surface area contributed by atoms with Gasteiger partial charge in [-0.2, -0.15) is 4.98 Å². The molecule has 0 unspecified atom stereocenters. The predicted molar refractivity (Wildman–Crippen MR) is 90.5 cm³/mol. The van der Waals surface area contributed by atoms with Gasteiger partial charge >= 0.3 is 0 Å². The van der Waals surface area contributed by atoms with Crippen molar-refractivity contribution in [2.75, 3.05) is 0 Å². The van der Waals surface area contributed by atoms with Crippen molar-refractivity contribution in [3.8, 4) is 23.1 Å². The van der Waals surface area contributed by atoms with Gasteiger partial charge in [0.2, 0.25) is 5.82 Å². The fourth-order valence-electron chi connectivity index (χ4n) is 2.98. The van der Waals surface area contributed by atoms with Gasteiger partial charge in [-0.1, -0.05) is 28.6 Å². The average Bonchev–Trinajstić information content (AvgIpc) is 3.36. The summed E-state index contributed by atoms with van der Waals surface area (Å²) in [4.78, 5) is 8.57. The first kappa shape index (κ1) is 15.8. The average molecular weight is 364 g/mol. The topological polar surface area (TPSA) is 91.8 Å². The highest BCUT2D eigenvalue weighted by atomic mass is 19.1. The van der Waals surface area contributed by atoms with E-state index in [0.717, 1.165) is 11.3 Å². The lowest BCUT2D eigenvalue weighted by atomic mass is 10.1. The van der Waals surface area contributed by atoms with Gasteiger partial charge in [-0.25, -0.2) is 9.07 Å². The van der Waals surface area contributed by atoms with Crippen LogP contribution in [0.5, 0.6) is 0 Å². The molecule has 0 saturated heterocycles. The van der Waals surface area contributed by atoms with Crippen LogP contribution in [0, 0.1) is 5.82 Å². The van der Waals surface area contributed by atoms with Crippen LogP contribution in [0.15, 0.2) is 53.2 Å². The lowest BCUT2D eigenvalue weighted by Crippen LogP contribution is -2.22. The number of pyridine rings is 1. The highest BCUT2D eigenvalue weighted by molar-refractivity contribution is 5.55. The summed E-state index contributed by atoms with van der Waals surface area (Å²) in [6.07, 6.45) is 1.44. The first-order valence-corrected chi connectivity index (χ1v) is 8.33. The zero-order chi connectivity index (χ0) is 18.2. The summed E-state index contributed by atoms with van der Waals surface area (Å²) in [5.41, 5.74) is 2.74. The minimum Gasteiger partial charge on any atom is -0.365 e. The third-order valence-electron chi connectivity index (χ3n) is 4.36. The molecule has 8 nitrogen and oxygen atoms in total. The zero-order valence-corrected chi connectivity index (χ0v) is 14.0. The molecule has 0 amide bonds. The minimum absolute atomic E-state index is 0.223. The quantitative estimate of drug-likeness (QED) is 0.552. The summed E-state index contributed by atoms with van der Waals surface area (Å²) in [7, 11) is 0. The molecule has 1 aliphatic rings. The molecule has 0 spiro atoms. The number of nitrogens with zero attached hydrogens (tertiary/aromatic N) is 6. The van der Waals surface area contributed by atoms with E-state index in [-0.39, 0.29) is 24.4 Å². The van der Waals surface area contributed by atoms with Crippen LogP contribution in [0.25, 0.3) is 23.1 Å². The molecule has 0 aliphatic carbocycles. The van der Waals surface area contributed by atoms with Gasteiger partial charge in [0.15, 0.2) is 5.69 Å². The van der Waals surface area contributed by atoms with E-state index in [0.29, 0.717) is 23.8 Å². The maximum Gasteiger partial charge on any atom is 0.280 e. The molecule has 1 aliphatic heterocycles. The summed E-state index contributed by atoms with van der Waals surface area (Å²) >= 11 is 0. The SMILES string of the molecule is Fc1ccc([C@@H]2Cn3nnc(-c4nc(-c5ccccn5)no4)c3CO2)cc1. The highest BCUT2D eigenvalue weighted by Gasteiger charge is 2.28. The Hall–Kier alpha value is -3.46. The third-order valence-corrected chi connectivity index (χ3v) is 4.36. The van der Waals surface area contributed by atoms with Gasteiger partial charge in [0.1, 0.15) is 17.6 Å². The number of halogens is 1. The van der Waals surface area contributed by atoms with Gasteiger partial charge in [-0.15, -0.1) is 5.10 Å². The van der Waals surface area contributed by atoms with Crippen molar-refractivity contribution in [1.29, 1.82) is 0 Å². The number of ether oxygens (including phenoxy) is 1. The van der Waals surface area contributed by atoms with Crippen LogP contribution >= 0.6 is 0 Å². The van der Waals surface area contributed by atoms with Gasteiger partial charge < -0.3 is 9.26 Å². The lowest BCUT2D eigenvalue weighted by Gasteiger charge is -2.24. The molecule has 27 heavy (non-hydrogen) atoms. The van der Waals surface area contributed by atoms with E-state index < -0.39 is 0 Å². The van der Waals surface area contributed by atoms with Gasteiger partial charge in [-0.3, -0.25) is 4.98 Å². The number of benzene rings is 1. The Labute approximate surface area is 152 Å². The number of rotatable bonds is 3. The second kappa shape index (κ2) is 6.36. The van der Waals surface area contributed by atoms with Crippen molar-refractivity contribution in [1.82, 2.24) is 30.1 Å². The van der Waals surface area contributed by atoms with Crippen molar-refractivity contribution in [2.24, 2.45) is 0 Å². The molecule has 4 heterocycles. The van der Waals surface area contributed by atoms with E-state index in [2.05, 4.69) is 25.4 Å². The van der Waals surface area contributed by atoms with E-state index in [4.69, 9.17) is 9.26 Å². The second-order valence-electron chi connectivity index (χ2n) is 6.06. The van der Waals surface area contributed by atoms with Crippen LogP contribution < -0.4 is 0 Å². The smallest absolute Gasteiger partial charge is 0.280 e.